The van der Waals surface area contributed by atoms with Crippen molar-refractivity contribution in [2.24, 2.45) is 11.3 Å². The van der Waals surface area contributed by atoms with Crippen molar-refractivity contribution >= 4 is 36.1 Å². The highest BCUT2D eigenvalue weighted by Crippen LogP contribution is 2.31. The Hall–Kier alpha value is -1.72. The first-order valence-electron chi connectivity index (χ1n) is 8.30. The molecule has 1 unspecified atom stereocenters. The predicted octanol–water partition coefficient (Wildman–Crippen LogP) is 3.34. The van der Waals surface area contributed by atoms with E-state index in [0.717, 1.165) is 30.2 Å². The van der Waals surface area contributed by atoms with Gasteiger partial charge in [0, 0.05) is 37.2 Å². The van der Waals surface area contributed by atoms with Gasteiger partial charge in [-0.15, -0.1) is 0 Å². The molecule has 25 heavy (non-hydrogen) atoms. The first-order chi connectivity index (χ1) is 11.6. The van der Waals surface area contributed by atoms with Gasteiger partial charge in [0.2, 0.25) is 0 Å². The van der Waals surface area contributed by atoms with Crippen molar-refractivity contribution in [3.63, 3.8) is 0 Å². The average molecular weight is 366 g/mol. The van der Waals surface area contributed by atoms with Gasteiger partial charge in [-0.05, 0) is 36.1 Å². The molecule has 6 heteroatoms. The normalized spacial score (nSPS) is 12.9. The molecule has 0 spiro atoms. The van der Waals surface area contributed by atoms with Gasteiger partial charge in [0.1, 0.15) is 12.6 Å². The van der Waals surface area contributed by atoms with Crippen LogP contribution in [0, 0.1) is 16.7 Å². The second kappa shape index (κ2) is 9.11. The summed E-state index contributed by atoms with van der Waals surface area (Å²) in [5.41, 5.74) is 8.89. The number of nitrogens with zero attached hydrogens (tertiary/aromatic N) is 1. The van der Waals surface area contributed by atoms with E-state index in [0.29, 0.717) is 29.2 Å². The quantitative estimate of drug-likeness (QED) is 0.399. The molecule has 1 aromatic rings. The number of aldehydes is 2. The van der Waals surface area contributed by atoms with Crippen molar-refractivity contribution in [2.75, 3.05) is 19.3 Å². The van der Waals surface area contributed by atoms with E-state index in [1.165, 1.54) is 6.21 Å². The van der Waals surface area contributed by atoms with Crippen molar-refractivity contribution in [1.82, 2.24) is 4.90 Å². The van der Waals surface area contributed by atoms with E-state index in [1.54, 1.807) is 6.07 Å². The number of nitrogens with one attached hydrogen (secondary N) is 1. The number of halogens is 1. The summed E-state index contributed by atoms with van der Waals surface area (Å²) in [6.45, 7) is 7.92. The smallest absolute Gasteiger partial charge is 0.123 e. The Kier molecular flexibility index (Phi) is 7.77. The zero-order valence-electron chi connectivity index (χ0n) is 15.4. The van der Waals surface area contributed by atoms with Crippen LogP contribution in [0.4, 0.5) is 5.69 Å². The van der Waals surface area contributed by atoms with Gasteiger partial charge in [0.05, 0.1) is 10.7 Å². The van der Waals surface area contributed by atoms with Crippen LogP contribution >= 0.6 is 11.6 Å². The highest BCUT2D eigenvalue weighted by Gasteiger charge is 2.20. The van der Waals surface area contributed by atoms with Crippen LogP contribution in [-0.2, 0) is 22.6 Å². The van der Waals surface area contributed by atoms with E-state index in [2.05, 4.69) is 25.7 Å². The van der Waals surface area contributed by atoms with Gasteiger partial charge in [-0.2, -0.15) is 0 Å². The van der Waals surface area contributed by atoms with Gasteiger partial charge in [-0.3, -0.25) is 0 Å². The molecule has 3 N–H and O–H groups in total. The van der Waals surface area contributed by atoms with Crippen molar-refractivity contribution in [1.29, 1.82) is 5.41 Å². The molecule has 0 aliphatic carbocycles. The molecule has 0 heterocycles. The van der Waals surface area contributed by atoms with E-state index >= 15 is 0 Å². The van der Waals surface area contributed by atoms with Crippen molar-refractivity contribution in [3.8, 4) is 0 Å². The Bertz CT molecular complexity index is 639. The van der Waals surface area contributed by atoms with E-state index in [9.17, 15) is 9.59 Å². The van der Waals surface area contributed by atoms with Crippen molar-refractivity contribution < 1.29 is 9.59 Å². The Morgan fingerprint density at radius 1 is 1.36 bits per heavy atom. The largest absolute Gasteiger partial charge is 0.397 e. The molecule has 5 nitrogen and oxygen atoms in total. The number of carbonyl (C=O) groups excluding carboxylic acids is 2. The maximum atomic E-state index is 11.3. The van der Waals surface area contributed by atoms with Crippen LogP contribution < -0.4 is 5.73 Å². The molecule has 138 valence electrons. The second-order valence-electron chi connectivity index (χ2n) is 7.70. The minimum Gasteiger partial charge on any atom is -0.397 e. The predicted molar refractivity (Wildman–Crippen MR) is 103 cm³/mol. The maximum Gasteiger partial charge on any atom is 0.123 e. The third-order valence-corrected chi connectivity index (χ3v) is 4.26. The topological polar surface area (TPSA) is 87.2 Å². The summed E-state index contributed by atoms with van der Waals surface area (Å²) in [5.74, 6) is -0.401. The Morgan fingerprint density at radius 2 is 2.00 bits per heavy atom. The lowest BCUT2D eigenvalue weighted by atomic mass is 9.90. The molecule has 1 aromatic carbocycles. The van der Waals surface area contributed by atoms with Gasteiger partial charge in [-0.1, -0.05) is 32.4 Å². The summed E-state index contributed by atoms with van der Waals surface area (Å²) in [6.07, 6.45) is 3.33. The molecule has 0 amide bonds. The Morgan fingerprint density at radius 3 is 2.48 bits per heavy atom. The van der Waals surface area contributed by atoms with Crippen LogP contribution in [0.15, 0.2) is 6.07 Å². The van der Waals surface area contributed by atoms with Gasteiger partial charge in [0.25, 0.3) is 0 Å². The number of anilines is 1. The number of benzene rings is 1. The van der Waals surface area contributed by atoms with Crippen LogP contribution in [0.1, 0.15) is 43.9 Å². The van der Waals surface area contributed by atoms with Gasteiger partial charge in [-0.25, -0.2) is 0 Å². The highest BCUT2D eigenvalue weighted by atomic mass is 35.5. The molecular formula is C19H28ClN3O2. The van der Waals surface area contributed by atoms with E-state index in [1.807, 2.05) is 7.05 Å². The molecule has 0 fully saturated rings. The van der Waals surface area contributed by atoms with Crippen molar-refractivity contribution in [2.45, 2.75) is 40.2 Å². The fourth-order valence-electron chi connectivity index (χ4n) is 3.04. The SMILES string of the molecule is CN(Cc1c(CC(C=O)CC=O)cc(Cl)c(N)c1C=N)CC(C)(C)C. The van der Waals surface area contributed by atoms with Crippen molar-refractivity contribution in [3.05, 3.63) is 27.8 Å². The van der Waals surface area contributed by atoms with E-state index in [-0.39, 0.29) is 11.8 Å². The van der Waals surface area contributed by atoms with Gasteiger partial charge < -0.3 is 25.6 Å². The Balaban J connectivity index is 3.30. The molecule has 0 bridgehead atoms. The number of nitrogens with two attached hydrogens (primary N) is 1. The summed E-state index contributed by atoms with van der Waals surface area (Å²) in [7, 11) is 2.01. The van der Waals surface area contributed by atoms with E-state index < -0.39 is 5.92 Å². The summed E-state index contributed by atoms with van der Waals surface area (Å²) < 4.78 is 0. The molecule has 0 saturated carbocycles. The van der Waals surface area contributed by atoms with Gasteiger partial charge >= 0.3 is 0 Å². The molecular weight excluding hydrogens is 338 g/mol. The second-order valence-corrected chi connectivity index (χ2v) is 8.11. The minimum absolute atomic E-state index is 0.126. The monoisotopic (exact) mass is 365 g/mol. The van der Waals surface area contributed by atoms with Crippen LogP contribution in [0.2, 0.25) is 5.02 Å². The number of hydrogen-bond acceptors (Lipinski definition) is 5. The fourth-order valence-corrected chi connectivity index (χ4v) is 3.28. The third-order valence-electron chi connectivity index (χ3n) is 3.95. The summed E-state index contributed by atoms with van der Waals surface area (Å²) >= 11 is 6.22. The third kappa shape index (κ3) is 6.25. The lowest BCUT2D eigenvalue weighted by Gasteiger charge is -2.28. The van der Waals surface area contributed by atoms with E-state index in [4.69, 9.17) is 22.7 Å². The fraction of sp³-hybridized carbons (Fsp3) is 0.526. The van der Waals surface area contributed by atoms with Crippen LogP contribution in [0.3, 0.4) is 0 Å². The standard InChI is InChI=1S/C19H28ClN3O2/c1-19(2,3)12-23(4)10-16-14(7-13(11-25)5-6-24)8-17(20)18(22)15(16)9-21/h6,8-9,11,13,21H,5,7,10,12,22H2,1-4H3. The number of nitrogen functional groups attached to an aromatic ring is 1. The highest BCUT2D eigenvalue weighted by molar-refractivity contribution is 6.33. The van der Waals surface area contributed by atoms with Crippen LogP contribution in [-0.4, -0.2) is 37.3 Å². The lowest BCUT2D eigenvalue weighted by molar-refractivity contribution is -0.115. The zero-order valence-corrected chi connectivity index (χ0v) is 16.2. The molecule has 1 atom stereocenters. The molecule has 0 saturated heterocycles. The van der Waals surface area contributed by atoms with Crippen LogP contribution in [0.25, 0.3) is 0 Å². The number of hydrogen-bond donors (Lipinski definition) is 2. The Labute approximate surface area is 155 Å². The molecule has 0 aliphatic heterocycles. The minimum atomic E-state index is -0.401. The molecule has 0 radical (unpaired) electrons. The summed E-state index contributed by atoms with van der Waals surface area (Å²) in [5, 5.41) is 8.11. The number of carbonyl (C=O) groups is 2. The first kappa shape index (κ1) is 21.3. The molecule has 0 aromatic heterocycles. The maximum absolute atomic E-state index is 11.3. The summed E-state index contributed by atoms with van der Waals surface area (Å²) in [4.78, 5) is 24.2. The van der Waals surface area contributed by atoms with Gasteiger partial charge in [0.15, 0.2) is 0 Å². The zero-order chi connectivity index (χ0) is 19.2. The van der Waals surface area contributed by atoms with Crippen LogP contribution in [0.5, 0.6) is 0 Å². The average Bonchev–Trinajstić information content (AvgIpc) is 2.50. The molecule has 0 aliphatic rings. The first-order valence-corrected chi connectivity index (χ1v) is 8.68. The summed E-state index contributed by atoms with van der Waals surface area (Å²) in [6, 6.07) is 1.76. The molecule has 1 rings (SSSR count). The lowest BCUT2D eigenvalue weighted by Crippen LogP contribution is -2.30. The number of rotatable bonds is 9.